The molecule has 1 saturated heterocycles. The summed E-state index contributed by atoms with van der Waals surface area (Å²) in [5.74, 6) is 0.978. The van der Waals surface area contributed by atoms with Gasteiger partial charge in [-0.15, -0.1) is 6.58 Å². The van der Waals surface area contributed by atoms with Crippen molar-refractivity contribution in [2.45, 2.75) is 45.3 Å². The quantitative estimate of drug-likeness (QED) is 0.705. The molecular weight excluding hydrogens is 176 g/mol. The predicted octanol–water partition coefficient (Wildman–Crippen LogP) is 2.37. The molecule has 82 valence electrons. The lowest BCUT2D eigenvalue weighted by molar-refractivity contribution is -0.189. The molecule has 0 saturated carbocycles. The normalized spacial score (nSPS) is 43.6. The van der Waals surface area contributed by atoms with E-state index in [0.717, 1.165) is 12.8 Å². The third kappa shape index (κ3) is 2.01. The van der Waals surface area contributed by atoms with E-state index in [1.807, 2.05) is 6.08 Å². The van der Waals surface area contributed by atoms with Gasteiger partial charge in [-0.2, -0.15) is 0 Å². The number of hydrogen-bond donors (Lipinski definition) is 1. The van der Waals surface area contributed by atoms with Crippen LogP contribution in [0.5, 0.6) is 0 Å². The average molecular weight is 198 g/mol. The van der Waals surface area contributed by atoms with Crippen molar-refractivity contribution in [1.29, 1.82) is 0 Å². The second-order valence-electron chi connectivity index (χ2n) is 4.65. The van der Waals surface area contributed by atoms with Gasteiger partial charge < -0.3 is 9.84 Å². The largest absolute Gasteiger partial charge is 0.393 e. The SMILES string of the molecule is C=CCC1(CO)O[C@H](C)[C@H](C)C[C@@H]1C. The van der Waals surface area contributed by atoms with Gasteiger partial charge in [-0.1, -0.05) is 19.9 Å². The minimum absolute atomic E-state index is 0.0945. The van der Waals surface area contributed by atoms with Crippen LogP contribution in [0.15, 0.2) is 12.7 Å². The smallest absolute Gasteiger partial charge is 0.0975 e. The second kappa shape index (κ2) is 4.45. The number of aliphatic hydroxyl groups excluding tert-OH is 1. The molecule has 1 N–H and O–H groups in total. The molecule has 0 radical (unpaired) electrons. The molecule has 0 bridgehead atoms. The molecule has 0 amide bonds. The molecule has 1 unspecified atom stereocenters. The first-order valence-corrected chi connectivity index (χ1v) is 5.45. The predicted molar refractivity (Wildman–Crippen MR) is 58.1 cm³/mol. The van der Waals surface area contributed by atoms with Gasteiger partial charge >= 0.3 is 0 Å². The summed E-state index contributed by atoms with van der Waals surface area (Å²) < 4.78 is 5.97. The van der Waals surface area contributed by atoms with Gasteiger partial charge in [0.15, 0.2) is 0 Å². The Morgan fingerprint density at radius 1 is 1.50 bits per heavy atom. The van der Waals surface area contributed by atoms with Gasteiger partial charge in [0.1, 0.15) is 0 Å². The fourth-order valence-corrected chi connectivity index (χ4v) is 2.32. The van der Waals surface area contributed by atoms with E-state index >= 15 is 0 Å². The Morgan fingerprint density at radius 3 is 2.64 bits per heavy atom. The fraction of sp³-hybridized carbons (Fsp3) is 0.833. The summed E-state index contributed by atoms with van der Waals surface area (Å²) in [6.07, 6.45) is 3.94. The molecule has 0 aliphatic carbocycles. The fourth-order valence-electron chi connectivity index (χ4n) is 2.32. The second-order valence-corrected chi connectivity index (χ2v) is 4.65. The third-order valence-electron chi connectivity index (χ3n) is 3.60. The molecule has 1 aliphatic heterocycles. The zero-order valence-corrected chi connectivity index (χ0v) is 9.49. The van der Waals surface area contributed by atoms with E-state index in [4.69, 9.17) is 4.74 Å². The Balaban J connectivity index is 2.79. The van der Waals surface area contributed by atoms with Gasteiger partial charge in [0.05, 0.1) is 18.3 Å². The van der Waals surface area contributed by atoms with E-state index in [2.05, 4.69) is 27.4 Å². The maximum atomic E-state index is 9.47. The van der Waals surface area contributed by atoms with Crippen LogP contribution < -0.4 is 0 Å². The lowest BCUT2D eigenvalue weighted by Gasteiger charge is -2.46. The summed E-state index contributed by atoms with van der Waals surface area (Å²) in [5, 5.41) is 9.47. The van der Waals surface area contributed by atoms with Gasteiger partial charge in [-0.3, -0.25) is 0 Å². The monoisotopic (exact) mass is 198 g/mol. The summed E-state index contributed by atoms with van der Waals surface area (Å²) in [4.78, 5) is 0. The van der Waals surface area contributed by atoms with E-state index in [9.17, 15) is 5.11 Å². The van der Waals surface area contributed by atoms with Crippen LogP contribution in [0, 0.1) is 11.8 Å². The first kappa shape index (κ1) is 11.7. The van der Waals surface area contributed by atoms with Crippen LogP contribution in [-0.2, 0) is 4.74 Å². The van der Waals surface area contributed by atoms with E-state index in [1.165, 1.54) is 0 Å². The zero-order valence-electron chi connectivity index (χ0n) is 9.49. The van der Waals surface area contributed by atoms with Crippen LogP contribution in [0.1, 0.15) is 33.6 Å². The molecule has 0 aromatic rings. The van der Waals surface area contributed by atoms with Gasteiger partial charge in [0.25, 0.3) is 0 Å². The zero-order chi connectivity index (χ0) is 10.8. The summed E-state index contributed by atoms with van der Waals surface area (Å²) in [7, 11) is 0. The summed E-state index contributed by atoms with van der Waals surface area (Å²) in [6, 6.07) is 0. The van der Waals surface area contributed by atoms with Crippen LogP contribution >= 0.6 is 0 Å². The van der Waals surface area contributed by atoms with Gasteiger partial charge in [0, 0.05) is 0 Å². The molecule has 4 atom stereocenters. The van der Waals surface area contributed by atoms with Crippen molar-refractivity contribution in [2.75, 3.05) is 6.61 Å². The van der Waals surface area contributed by atoms with Crippen LogP contribution in [-0.4, -0.2) is 23.4 Å². The standard InChI is InChI=1S/C12H22O2/c1-5-6-12(8-13)10(3)7-9(2)11(4)14-12/h5,9-11,13H,1,6-8H2,2-4H3/t9-,10+,11-,12?/m1/s1. The van der Waals surface area contributed by atoms with Crippen molar-refractivity contribution >= 4 is 0 Å². The topological polar surface area (TPSA) is 29.5 Å². The van der Waals surface area contributed by atoms with Gasteiger partial charge in [-0.25, -0.2) is 0 Å². The molecule has 2 nitrogen and oxygen atoms in total. The van der Waals surface area contributed by atoms with Crippen LogP contribution in [0.2, 0.25) is 0 Å². The number of ether oxygens (including phenoxy) is 1. The van der Waals surface area contributed by atoms with Crippen LogP contribution in [0.3, 0.4) is 0 Å². The van der Waals surface area contributed by atoms with Gasteiger partial charge in [-0.05, 0) is 31.6 Å². The van der Waals surface area contributed by atoms with Crippen LogP contribution in [0.4, 0.5) is 0 Å². The number of aliphatic hydroxyl groups is 1. The Bertz CT molecular complexity index is 202. The van der Waals surface area contributed by atoms with E-state index < -0.39 is 0 Å². The summed E-state index contributed by atoms with van der Waals surface area (Å²) in [5.41, 5.74) is -0.381. The van der Waals surface area contributed by atoms with E-state index in [0.29, 0.717) is 11.8 Å². The Hall–Kier alpha value is -0.340. The molecule has 0 aromatic carbocycles. The lowest BCUT2D eigenvalue weighted by Crippen LogP contribution is -2.51. The summed E-state index contributed by atoms with van der Waals surface area (Å²) >= 11 is 0. The van der Waals surface area contributed by atoms with Crippen molar-refractivity contribution in [1.82, 2.24) is 0 Å². The highest BCUT2D eigenvalue weighted by molar-refractivity contribution is 4.96. The number of hydrogen-bond acceptors (Lipinski definition) is 2. The minimum atomic E-state index is -0.381. The van der Waals surface area contributed by atoms with Crippen molar-refractivity contribution in [3.05, 3.63) is 12.7 Å². The molecule has 2 heteroatoms. The highest BCUT2D eigenvalue weighted by Gasteiger charge is 2.42. The Morgan fingerprint density at radius 2 is 2.14 bits per heavy atom. The average Bonchev–Trinajstić information content (AvgIpc) is 2.14. The van der Waals surface area contributed by atoms with Gasteiger partial charge in [0.2, 0.25) is 0 Å². The minimum Gasteiger partial charge on any atom is -0.393 e. The first-order valence-electron chi connectivity index (χ1n) is 5.45. The molecule has 1 aliphatic rings. The highest BCUT2D eigenvalue weighted by atomic mass is 16.5. The maximum absolute atomic E-state index is 9.47. The van der Waals surface area contributed by atoms with Crippen LogP contribution in [0.25, 0.3) is 0 Å². The summed E-state index contributed by atoms with van der Waals surface area (Å²) in [6.45, 7) is 10.3. The molecule has 1 heterocycles. The molecule has 0 spiro atoms. The van der Waals surface area contributed by atoms with Crippen molar-refractivity contribution in [3.63, 3.8) is 0 Å². The van der Waals surface area contributed by atoms with E-state index in [-0.39, 0.29) is 18.3 Å². The maximum Gasteiger partial charge on any atom is 0.0975 e. The van der Waals surface area contributed by atoms with Crippen molar-refractivity contribution in [2.24, 2.45) is 11.8 Å². The van der Waals surface area contributed by atoms with Crippen molar-refractivity contribution in [3.8, 4) is 0 Å². The highest BCUT2D eigenvalue weighted by Crippen LogP contribution is 2.39. The van der Waals surface area contributed by atoms with E-state index in [1.54, 1.807) is 0 Å². The Labute approximate surface area is 87.0 Å². The third-order valence-corrected chi connectivity index (χ3v) is 3.60. The number of rotatable bonds is 3. The molecular formula is C12H22O2. The molecule has 0 aromatic heterocycles. The first-order chi connectivity index (χ1) is 6.55. The molecule has 1 rings (SSSR count). The molecule has 1 fully saturated rings. The van der Waals surface area contributed by atoms with Crippen molar-refractivity contribution < 1.29 is 9.84 Å². The Kier molecular flexibility index (Phi) is 3.73. The molecule has 14 heavy (non-hydrogen) atoms. The lowest BCUT2D eigenvalue weighted by atomic mass is 9.76.